The number of aromatic nitrogens is 5. The zero-order chi connectivity index (χ0) is 16.1. The number of nitrogens with zero attached hydrogens (tertiary/aromatic N) is 8. The Morgan fingerprint density at radius 2 is 2.09 bits per heavy atom. The van der Waals surface area contributed by atoms with Crippen LogP contribution >= 0.6 is 0 Å². The quantitative estimate of drug-likeness (QED) is 0.802. The number of hydrogen-bond acceptors (Lipinski definition) is 7. The van der Waals surface area contributed by atoms with Crippen LogP contribution in [0, 0.1) is 11.3 Å². The molecule has 0 aliphatic carbocycles. The number of tetrazole rings is 1. The highest BCUT2D eigenvalue weighted by molar-refractivity contribution is 5.53. The average Bonchev–Trinajstić information content (AvgIpc) is 3.03. The molecule has 0 atom stereocenters. The van der Waals surface area contributed by atoms with Crippen LogP contribution in [0.3, 0.4) is 0 Å². The van der Waals surface area contributed by atoms with Gasteiger partial charge in [-0.1, -0.05) is 6.92 Å². The number of anilines is 1. The summed E-state index contributed by atoms with van der Waals surface area (Å²) in [6.07, 6.45) is 2.75. The molecule has 8 heteroatoms. The van der Waals surface area contributed by atoms with Gasteiger partial charge in [-0.25, -0.2) is 9.67 Å². The van der Waals surface area contributed by atoms with Crippen molar-refractivity contribution in [1.82, 2.24) is 30.1 Å². The number of nitriles is 1. The largest absolute Gasteiger partial charge is 0.353 e. The summed E-state index contributed by atoms with van der Waals surface area (Å²) in [5.74, 6) is 1.70. The molecule has 120 valence electrons. The summed E-state index contributed by atoms with van der Waals surface area (Å²) in [4.78, 5) is 8.87. The Bertz CT molecular complexity index is 681. The van der Waals surface area contributed by atoms with Gasteiger partial charge in [0.25, 0.3) is 0 Å². The maximum absolute atomic E-state index is 9.20. The molecule has 2 aromatic rings. The van der Waals surface area contributed by atoms with Crippen molar-refractivity contribution in [2.75, 3.05) is 31.1 Å². The molecule has 3 heterocycles. The minimum absolute atomic E-state index is 0.632. The summed E-state index contributed by atoms with van der Waals surface area (Å²) in [5, 5.41) is 21.1. The second-order valence-electron chi connectivity index (χ2n) is 5.57. The topological polar surface area (TPSA) is 86.8 Å². The van der Waals surface area contributed by atoms with Crippen molar-refractivity contribution in [3.63, 3.8) is 0 Å². The van der Waals surface area contributed by atoms with Gasteiger partial charge in [-0.2, -0.15) is 5.26 Å². The van der Waals surface area contributed by atoms with E-state index in [1.807, 2.05) is 10.7 Å². The Morgan fingerprint density at radius 1 is 1.26 bits per heavy atom. The van der Waals surface area contributed by atoms with Gasteiger partial charge in [-0.05, 0) is 29.0 Å². The fourth-order valence-electron chi connectivity index (χ4n) is 2.78. The smallest absolute Gasteiger partial charge is 0.165 e. The van der Waals surface area contributed by atoms with Crippen molar-refractivity contribution < 1.29 is 0 Å². The predicted octanol–water partition coefficient (Wildman–Crippen LogP) is 0.672. The highest BCUT2D eigenvalue weighted by Crippen LogP contribution is 2.18. The lowest BCUT2D eigenvalue weighted by molar-refractivity contribution is 0.238. The van der Waals surface area contributed by atoms with Gasteiger partial charge < -0.3 is 4.90 Å². The lowest BCUT2D eigenvalue weighted by atomic mass is 10.2. The fourth-order valence-corrected chi connectivity index (χ4v) is 2.78. The standard InChI is InChI=1S/C15H20N8/c1-2-6-23-14(18-19-20-23)12-21-7-9-22(10-8-21)15-13(11-16)4-3-5-17-15/h3-5H,2,6-10,12H2,1H3. The second kappa shape index (κ2) is 7.15. The Hall–Kier alpha value is -2.53. The molecular formula is C15H20N8. The minimum atomic E-state index is 0.632. The molecule has 1 aliphatic heterocycles. The third-order valence-electron chi connectivity index (χ3n) is 3.99. The Morgan fingerprint density at radius 3 is 2.83 bits per heavy atom. The van der Waals surface area contributed by atoms with Gasteiger partial charge in [0.15, 0.2) is 5.82 Å². The van der Waals surface area contributed by atoms with Crippen LogP contribution in [0.5, 0.6) is 0 Å². The van der Waals surface area contributed by atoms with E-state index in [-0.39, 0.29) is 0 Å². The van der Waals surface area contributed by atoms with E-state index in [4.69, 9.17) is 0 Å². The molecule has 0 saturated carbocycles. The molecule has 3 rings (SSSR count). The van der Waals surface area contributed by atoms with Gasteiger partial charge in [0.05, 0.1) is 12.1 Å². The maximum atomic E-state index is 9.20. The number of aryl methyl sites for hydroxylation is 1. The van der Waals surface area contributed by atoms with E-state index in [0.717, 1.165) is 57.3 Å². The predicted molar refractivity (Wildman–Crippen MR) is 84.6 cm³/mol. The van der Waals surface area contributed by atoms with E-state index in [2.05, 4.69) is 43.3 Å². The molecule has 0 N–H and O–H groups in total. The number of rotatable bonds is 5. The third kappa shape index (κ3) is 3.46. The average molecular weight is 312 g/mol. The van der Waals surface area contributed by atoms with Crippen molar-refractivity contribution >= 4 is 5.82 Å². The molecule has 0 bridgehead atoms. The van der Waals surface area contributed by atoms with Gasteiger partial charge in [0.2, 0.25) is 0 Å². The van der Waals surface area contributed by atoms with Crippen molar-refractivity contribution in [2.45, 2.75) is 26.4 Å². The van der Waals surface area contributed by atoms with Gasteiger partial charge in [-0.3, -0.25) is 4.90 Å². The van der Waals surface area contributed by atoms with Crippen LogP contribution in [0.15, 0.2) is 18.3 Å². The molecule has 0 unspecified atom stereocenters. The summed E-state index contributed by atoms with van der Waals surface area (Å²) < 4.78 is 1.87. The van der Waals surface area contributed by atoms with E-state index in [9.17, 15) is 5.26 Å². The monoisotopic (exact) mass is 312 g/mol. The first-order valence-corrected chi connectivity index (χ1v) is 7.89. The van der Waals surface area contributed by atoms with Crippen LogP contribution in [-0.2, 0) is 13.1 Å². The van der Waals surface area contributed by atoms with E-state index in [0.29, 0.717) is 5.56 Å². The van der Waals surface area contributed by atoms with Crippen molar-refractivity contribution in [3.05, 3.63) is 29.7 Å². The highest BCUT2D eigenvalue weighted by Gasteiger charge is 2.21. The van der Waals surface area contributed by atoms with Crippen LogP contribution in [0.25, 0.3) is 0 Å². The van der Waals surface area contributed by atoms with Crippen molar-refractivity contribution in [2.24, 2.45) is 0 Å². The number of piperazine rings is 1. The molecule has 1 aliphatic rings. The molecule has 2 aromatic heterocycles. The van der Waals surface area contributed by atoms with E-state index in [1.54, 1.807) is 12.3 Å². The molecule has 0 aromatic carbocycles. The molecule has 0 radical (unpaired) electrons. The molecule has 1 saturated heterocycles. The summed E-state index contributed by atoms with van der Waals surface area (Å²) in [6.45, 7) is 7.22. The van der Waals surface area contributed by atoms with Crippen LogP contribution in [0.1, 0.15) is 24.7 Å². The molecular weight excluding hydrogens is 292 g/mol. The Balaban J connectivity index is 1.60. The Kier molecular flexibility index (Phi) is 4.78. The maximum Gasteiger partial charge on any atom is 0.165 e. The third-order valence-corrected chi connectivity index (χ3v) is 3.99. The summed E-state index contributed by atoms with van der Waals surface area (Å²) in [5.41, 5.74) is 0.632. The zero-order valence-electron chi connectivity index (χ0n) is 13.3. The van der Waals surface area contributed by atoms with Crippen LogP contribution in [0.2, 0.25) is 0 Å². The van der Waals surface area contributed by atoms with Crippen molar-refractivity contribution in [3.8, 4) is 6.07 Å². The van der Waals surface area contributed by atoms with Gasteiger partial charge >= 0.3 is 0 Å². The normalized spacial score (nSPS) is 15.6. The van der Waals surface area contributed by atoms with Gasteiger partial charge in [0, 0.05) is 38.9 Å². The molecule has 8 nitrogen and oxygen atoms in total. The van der Waals surface area contributed by atoms with Crippen LogP contribution in [0.4, 0.5) is 5.82 Å². The first kappa shape index (κ1) is 15.4. The summed E-state index contributed by atoms with van der Waals surface area (Å²) >= 11 is 0. The second-order valence-corrected chi connectivity index (χ2v) is 5.57. The summed E-state index contributed by atoms with van der Waals surface area (Å²) in [6, 6.07) is 5.82. The van der Waals surface area contributed by atoms with Crippen LogP contribution in [-0.4, -0.2) is 56.3 Å². The number of pyridine rings is 1. The van der Waals surface area contributed by atoms with Gasteiger partial charge in [-0.15, -0.1) is 5.10 Å². The first-order chi connectivity index (χ1) is 11.3. The summed E-state index contributed by atoms with van der Waals surface area (Å²) in [7, 11) is 0. The zero-order valence-corrected chi connectivity index (χ0v) is 13.3. The lowest BCUT2D eigenvalue weighted by Gasteiger charge is -2.35. The SMILES string of the molecule is CCCn1nnnc1CN1CCN(c2ncccc2C#N)CC1. The molecule has 1 fully saturated rings. The van der Waals surface area contributed by atoms with Crippen LogP contribution < -0.4 is 4.90 Å². The molecule has 0 amide bonds. The fraction of sp³-hybridized carbons (Fsp3) is 0.533. The van der Waals surface area contributed by atoms with E-state index < -0.39 is 0 Å². The highest BCUT2D eigenvalue weighted by atomic mass is 15.5. The first-order valence-electron chi connectivity index (χ1n) is 7.89. The number of hydrogen-bond donors (Lipinski definition) is 0. The van der Waals surface area contributed by atoms with E-state index >= 15 is 0 Å². The molecule has 23 heavy (non-hydrogen) atoms. The van der Waals surface area contributed by atoms with E-state index in [1.165, 1.54) is 0 Å². The van der Waals surface area contributed by atoms with Crippen molar-refractivity contribution in [1.29, 1.82) is 5.26 Å². The Labute approximate surface area is 135 Å². The molecule has 0 spiro atoms. The van der Waals surface area contributed by atoms with Gasteiger partial charge in [0.1, 0.15) is 11.9 Å². The minimum Gasteiger partial charge on any atom is -0.353 e. The lowest BCUT2D eigenvalue weighted by Crippen LogP contribution is -2.46.